The van der Waals surface area contributed by atoms with Crippen LogP contribution in [0.15, 0.2) is 30.5 Å². The number of hydrogen-bond donors (Lipinski definition) is 0. The molecule has 1 saturated heterocycles. The fourth-order valence-corrected chi connectivity index (χ4v) is 3.94. The van der Waals surface area contributed by atoms with Crippen molar-refractivity contribution in [2.24, 2.45) is 7.05 Å². The molecule has 2 aromatic rings. The van der Waals surface area contributed by atoms with Crippen molar-refractivity contribution in [1.29, 1.82) is 0 Å². The summed E-state index contributed by atoms with van der Waals surface area (Å²) in [6, 6.07) is 8.02. The minimum Gasteiger partial charge on any atom is -0.350 e. The first-order valence-electron chi connectivity index (χ1n) is 7.62. The van der Waals surface area contributed by atoms with Gasteiger partial charge in [0.25, 0.3) is 0 Å². The summed E-state index contributed by atoms with van der Waals surface area (Å²) in [6.45, 7) is 1.66. The van der Waals surface area contributed by atoms with Gasteiger partial charge >= 0.3 is 0 Å². The molecule has 1 amide bonds. The maximum absolute atomic E-state index is 12.5. The fraction of sp³-hybridized carbons (Fsp3) is 0.438. The Labute approximate surface area is 136 Å². The van der Waals surface area contributed by atoms with E-state index in [1.165, 1.54) is 10.6 Å². The molecule has 1 fully saturated rings. The number of para-hydroxylation sites is 1. The topological polar surface area (TPSA) is 62.6 Å². The van der Waals surface area contributed by atoms with Crippen LogP contribution in [0.1, 0.15) is 5.56 Å². The van der Waals surface area contributed by atoms with Crippen molar-refractivity contribution in [3.8, 4) is 0 Å². The van der Waals surface area contributed by atoms with Crippen molar-refractivity contribution in [2.45, 2.75) is 6.42 Å². The van der Waals surface area contributed by atoms with Crippen LogP contribution in [0, 0.1) is 0 Å². The summed E-state index contributed by atoms with van der Waals surface area (Å²) in [7, 11) is -1.19. The number of rotatable bonds is 3. The smallest absolute Gasteiger partial charge is 0.227 e. The predicted molar refractivity (Wildman–Crippen MR) is 89.6 cm³/mol. The van der Waals surface area contributed by atoms with Gasteiger partial charge in [0.15, 0.2) is 0 Å². The quantitative estimate of drug-likeness (QED) is 0.834. The van der Waals surface area contributed by atoms with Gasteiger partial charge < -0.3 is 9.47 Å². The summed E-state index contributed by atoms with van der Waals surface area (Å²) >= 11 is 0. The second kappa shape index (κ2) is 5.98. The molecule has 0 atom stereocenters. The van der Waals surface area contributed by atoms with E-state index in [2.05, 4.69) is 0 Å². The number of nitrogens with zero attached hydrogens (tertiary/aromatic N) is 3. The SMILES string of the molecule is Cn1cc(CC(=O)N2CCN(S(C)(=O)=O)CC2)c2ccccc21. The maximum atomic E-state index is 12.5. The van der Waals surface area contributed by atoms with E-state index in [4.69, 9.17) is 0 Å². The summed E-state index contributed by atoms with van der Waals surface area (Å²) in [4.78, 5) is 14.3. The number of benzene rings is 1. The molecule has 0 radical (unpaired) electrons. The lowest BCUT2D eigenvalue weighted by atomic mass is 10.1. The number of carbonyl (C=O) groups is 1. The molecule has 2 heterocycles. The summed E-state index contributed by atoms with van der Waals surface area (Å²) in [5, 5.41) is 1.10. The number of piperazine rings is 1. The molecule has 0 unspecified atom stereocenters. The first kappa shape index (κ1) is 16.0. The molecule has 23 heavy (non-hydrogen) atoms. The number of sulfonamides is 1. The molecule has 0 bridgehead atoms. The average molecular weight is 335 g/mol. The lowest BCUT2D eigenvalue weighted by molar-refractivity contribution is -0.131. The molecule has 0 N–H and O–H groups in total. The van der Waals surface area contributed by atoms with Gasteiger partial charge in [0.2, 0.25) is 15.9 Å². The zero-order valence-electron chi connectivity index (χ0n) is 13.4. The normalized spacial score (nSPS) is 16.9. The van der Waals surface area contributed by atoms with E-state index in [1.54, 1.807) is 4.90 Å². The van der Waals surface area contributed by atoms with Crippen LogP contribution in [0.5, 0.6) is 0 Å². The average Bonchev–Trinajstić information content (AvgIpc) is 2.83. The van der Waals surface area contributed by atoms with E-state index < -0.39 is 10.0 Å². The molecule has 0 saturated carbocycles. The molecule has 0 spiro atoms. The predicted octanol–water partition coefficient (Wildman–Crippen LogP) is 0.825. The highest BCUT2D eigenvalue weighted by Gasteiger charge is 2.26. The second-order valence-corrected chi connectivity index (χ2v) is 7.98. The molecule has 7 heteroatoms. The van der Waals surface area contributed by atoms with Crippen LogP contribution in [-0.2, 0) is 28.3 Å². The molecular formula is C16H21N3O3S. The Morgan fingerprint density at radius 1 is 1.13 bits per heavy atom. The van der Waals surface area contributed by atoms with Crippen LogP contribution in [0.3, 0.4) is 0 Å². The third-order valence-electron chi connectivity index (χ3n) is 4.38. The second-order valence-electron chi connectivity index (χ2n) is 6.00. The third kappa shape index (κ3) is 3.25. The van der Waals surface area contributed by atoms with Gasteiger partial charge in [0.05, 0.1) is 12.7 Å². The van der Waals surface area contributed by atoms with Crippen molar-refractivity contribution in [1.82, 2.24) is 13.8 Å². The monoisotopic (exact) mass is 335 g/mol. The molecule has 1 aliphatic heterocycles. The molecule has 1 aliphatic rings. The van der Waals surface area contributed by atoms with Crippen molar-refractivity contribution in [2.75, 3.05) is 32.4 Å². The molecule has 6 nitrogen and oxygen atoms in total. The third-order valence-corrected chi connectivity index (χ3v) is 5.68. The highest BCUT2D eigenvalue weighted by Crippen LogP contribution is 2.21. The molecule has 3 rings (SSSR count). The lowest BCUT2D eigenvalue weighted by Gasteiger charge is -2.33. The molecular weight excluding hydrogens is 314 g/mol. The number of aromatic nitrogens is 1. The highest BCUT2D eigenvalue weighted by molar-refractivity contribution is 7.88. The zero-order valence-corrected chi connectivity index (χ0v) is 14.2. The molecule has 0 aliphatic carbocycles. The number of fused-ring (bicyclic) bond motifs is 1. The summed E-state index contributed by atoms with van der Waals surface area (Å²) in [5.74, 6) is 0.0505. The van der Waals surface area contributed by atoms with Gasteiger partial charge in [0, 0.05) is 50.3 Å². The Bertz CT molecular complexity index is 833. The van der Waals surface area contributed by atoms with Crippen molar-refractivity contribution in [3.05, 3.63) is 36.0 Å². The number of carbonyl (C=O) groups excluding carboxylic acids is 1. The lowest BCUT2D eigenvalue weighted by Crippen LogP contribution is -2.50. The fourth-order valence-electron chi connectivity index (χ4n) is 3.11. The number of amides is 1. The standard InChI is InChI=1S/C16H21N3O3S/c1-17-12-13(14-5-3-4-6-15(14)17)11-16(20)18-7-9-19(10-8-18)23(2,21)22/h3-6,12H,7-11H2,1-2H3. The Morgan fingerprint density at radius 2 is 1.78 bits per heavy atom. The largest absolute Gasteiger partial charge is 0.350 e. The van der Waals surface area contributed by atoms with Crippen molar-refractivity contribution < 1.29 is 13.2 Å². The van der Waals surface area contributed by atoms with E-state index in [-0.39, 0.29) is 5.91 Å². The van der Waals surface area contributed by atoms with Crippen molar-refractivity contribution >= 4 is 26.8 Å². The van der Waals surface area contributed by atoms with E-state index in [9.17, 15) is 13.2 Å². The van der Waals surface area contributed by atoms with Crippen LogP contribution in [0.4, 0.5) is 0 Å². The van der Waals surface area contributed by atoms with Crippen LogP contribution in [0.2, 0.25) is 0 Å². The van der Waals surface area contributed by atoms with Gasteiger partial charge in [-0.1, -0.05) is 18.2 Å². The van der Waals surface area contributed by atoms with Gasteiger partial charge in [0.1, 0.15) is 0 Å². The maximum Gasteiger partial charge on any atom is 0.227 e. The van der Waals surface area contributed by atoms with Crippen LogP contribution in [0.25, 0.3) is 10.9 Å². The first-order valence-corrected chi connectivity index (χ1v) is 9.47. The summed E-state index contributed by atoms with van der Waals surface area (Å²) < 4.78 is 26.5. The van der Waals surface area contributed by atoms with Crippen LogP contribution >= 0.6 is 0 Å². The first-order chi connectivity index (χ1) is 10.9. The Morgan fingerprint density at radius 3 is 2.43 bits per heavy atom. The van der Waals surface area contributed by atoms with Gasteiger partial charge in [-0.3, -0.25) is 4.79 Å². The molecule has 1 aromatic heterocycles. The number of aryl methyl sites for hydroxylation is 1. The van der Waals surface area contributed by atoms with Gasteiger partial charge in [-0.2, -0.15) is 4.31 Å². The van der Waals surface area contributed by atoms with Gasteiger partial charge in [-0.25, -0.2) is 8.42 Å². The Hall–Kier alpha value is -1.86. The van der Waals surface area contributed by atoms with Crippen LogP contribution < -0.4 is 0 Å². The van der Waals surface area contributed by atoms with E-state index in [0.29, 0.717) is 32.6 Å². The van der Waals surface area contributed by atoms with E-state index in [0.717, 1.165) is 16.5 Å². The van der Waals surface area contributed by atoms with Gasteiger partial charge in [-0.05, 0) is 11.6 Å². The Kier molecular flexibility index (Phi) is 4.16. The molecule has 1 aromatic carbocycles. The van der Waals surface area contributed by atoms with Crippen LogP contribution in [-0.4, -0.2) is 60.5 Å². The minimum atomic E-state index is -3.17. The number of hydrogen-bond acceptors (Lipinski definition) is 3. The minimum absolute atomic E-state index is 0.0505. The van der Waals surface area contributed by atoms with Crippen molar-refractivity contribution in [3.63, 3.8) is 0 Å². The summed E-state index contributed by atoms with van der Waals surface area (Å²) in [6.07, 6.45) is 3.55. The summed E-state index contributed by atoms with van der Waals surface area (Å²) in [5.41, 5.74) is 2.12. The Balaban J connectivity index is 1.70. The zero-order chi connectivity index (χ0) is 16.6. The highest BCUT2D eigenvalue weighted by atomic mass is 32.2. The van der Waals surface area contributed by atoms with Gasteiger partial charge in [-0.15, -0.1) is 0 Å². The van der Waals surface area contributed by atoms with E-state index >= 15 is 0 Å². The van der Waals surface area contributed by atoms with E-state index in [1.807, 2.05) is 42.1 Å². The molecule has 124 valence electrons.